The third-order valence-electron chi connectivity index (χ3n) is 2.70. The maximum absolute atomic E-state index is 5.60. The lowest BCUT2D eigenvalue weighted by atomic mass is 10.0. The summed E-state index contributed by atoms with van der Waals surface area (Å²) in [5.74, 6) is 0.833. The summed E-state index contributed by atoms with van der Waals surface area (Å²) in [4.78, 5) is 6.76. The van der Waals surface area contributed by atoms with Crippen LogP contribution in [-0.2, 0) is 6.54 Å². The van der Waals surface area contributed by atoms with Gasteiger partial charge in [0.2, 0.25) is 0 Å². The normalized spacial score (nSPS) is 23.9. The zero-order chi connectivity index (χ0) is 9.97. The van der Waals surface area contributed by atoms with Gasteiger partial charge in [0.15, 0.2) is 5.13 Å². The molecule has 2 N–H and O–H groups in total. The Morgan fingerprint density at radius 1 is 1.71 bits per heavy atom. The van der Waals surface area contributed by atoms with Crippen LogP contribution >= 0.6 is 11.3 Å². The number of nitrogens with two attached hydrogens (primary N) is 1. The minimum atomic E-state index is 0.685. The van der Waals surface area contributed by atoms with Crippen LogP contribution in [-0.4, -0.2) is 23.0 Å². The SMILES string of the molecule is C[C@H]1CCCN(Cc2csc(N)n2)C1. The molecule has 1 atom stereocenters. The van der Waals surface area contributed by atoms with Crippen molar-refractivity contribution in [3.05, 3.63) is 11.1 Å². The van der Waals surface area contributed by atoms with Crippen LogP contribution in [0.4, 0.5) is 5.13 Å². The molecule has 78 valence electrons. The second kappa shape index (κ2) is 4.28. The predicted molar refractivity (Wildman–Crippen MR) is 60.2 cm³/mol. The number of rotatable bonds is 2. The number of hydrogen-bond donors (Lipinski definition) is 1. The highest BCUT2D eigenvalue weighted by atomic mass is 32.1. The van der Waals surface area contributed by atoms with E-state index in [-0.39, 0.29) is 0 Å². The van der Waals surface area contributed by atoms with Crippen LogP contribution < -0.4 is 5.73 Å². The molecule has 1 aliphatic heterocycles. The van der Waals surface area contributed by atoms with Gasteiger partial charge in [0.25, 0.3) is 0 Å². The van der Waals surface area contributed by atoms with Crippen LogP contribution in [0.25, 0.3) is 0 Å². The van der Waals surface area contributed by atoms with Crippen LogP contribution in [0.5, 0.6) is 0 Å². The second-order valence-corrected chi connectivity index (χ2v) is 5.05. The summed E-state index contributed by atoms with van der Waals surface area (Å²) in [5, 5.41) is 2.75. The molecule has 0 saturated carbocycles. The Bertz CT molecular complexity index is 297. The van der Waals surface area contributed by atoms with E-state index in [4.69, 9.17) is 5.73 Å². The maximum Gasteiger partial charge on any atom is 0.180 e. The van der Waals surface area contributed by atoms with E-state index in [0.717, 1.165) is 18.2 Å². The molecule has 2 rings (SSSR count). The topological polar surface area (TPSA) is 42.1 Å². The third-order valence-corrected chi connectivity index (χ3v) is 3.42. The minimum absolute atomic E-state index is 0.685. The molecule has 1 aromatic heterocycles. The van der Waals surface area contributed by atoms with Gasteiger partial charge < -0.3 is 5.73 Å². The van der Waals surface area contributed by atoms with Crippen molar-refractivity contribution >= 4 is 16.5 Å². The van der Waals surface area contributed by atoms with E-state index in [1.165, 1.54) is 37.3 Å². The Balaban J connectivity index is 1.90. The molecule has 2 heterocycles. The summed E-state index contributed by atoms with van der Waals surface area (Å²) in [6.45, 7) is 5.71. The molecule has 0 bridgehead atoms. The van der Waals surface area contributed by atoms with E-state index in [1.54, 1.807) is 0 Å². The van der Waals surface area contributed by atoms with Crippen molar-refractivity contribution in [3.8, 4) is 0 Å². The molecular weight excluding hydrogens is 194 g/mol. The Labute approximate surface area is 88.9 Å². The molecule has 1 aromatic rings. The molecule has 0 spiro atoms. The zero-order valence-electron chi connectivity index (χ0n) is 8.57. The molecule has 0 aliphatic carbocycles. The zero-order valence-corrected chi connectivity index (χ0v) is 9.39. The van der Waals surface area contributed by atoms with Gasteiger partial charge in [-0.15, -0.1) is 11.3 Å². The molecule has 1 fully saturated rings. The first-order chi connectivity index (χ1) is 6.74. The van der Waals surface area contributed by atoms with E-state index in [1.807, 2.05) is 0 Å². The van der Waals surface area contributed by atoms with Crippen molar-refractivity contribution in [2.45, 2.75) is 26.3 Å². The summed E-state index contributed by atoms with van der Waals surface area (Å²) in [7, 11) is 0. The largest absolute Gasteiger partial charge is 0.375 e. The number of piperidine rings is 1. The highest BCUT2D eigenvalue weighted by Gasteiger charge is 2.16. The number of hydrogen-bond acceptors (Lipinski definition) is 4. The fourth-order valence-electron chi connectivity index (χ4n) is 2.05. The Kier molecular flexibility index (Phi) is 3.03. The number of likely N-dealkylation sites (tertiary alicyclic amines) is 1. The summed E-state index contributed by atoms with van der Waals surface area (Å²) in [6.07, 6.45) is 2.69. The smallest absolute Gasteiger partial charge is 0.180 e. The van der Waals surface area contributed by atoms with Crippen molar-refractivity contribution in [3.63, 3.8) is 0 Å². The summed E-state index contributed by atoms with van der Waals surface area (Å²) < 4.78 is 0. The molecule has 1 saturated heterocycles. The number of anilines is 1. The fraction of sp³-hybridized carbons (Fsp3) is 0.700. The monoisotopic (exact) mass is 211 g/mol. The standard InChI is InChI=1S/C10H17N3S/c1-8-3-2-4-13(5-8)6-9-7-14-10(11)12-9/h7-8H,2-6H2,1H3,(H2,11,12)/t8-/m0/s1. The molecule has 0 amide bonds. The van der Waals surface area contributed by atoms with Gasteiger partial charge in [-0.3, -0.25) is 4.90 Å². The molecular formula is C10H17N3S. The molecule has 3 nitrogen and oxygen atoms in total. The van der Waals surface area contributed by atoms with Crippen molar-refractivity contribution in [1.82, 2.24) is 9.88 Å². The lowest BCUT2D eigenvalue weighted by Gasteiger charge is -2.30. The molecule has 0 aromatic carbocycles. The van der Waals surface area contributed by atoms with Crippen LogP contribution in [0, 0.1) is 5.92 Å². The number of nitrogen functional groups attached to an aromatic ring is 1. The van der Waals surface area contributed by atoms with E-state index >= 15 is 0 Å². The summed E-state index contributed by atoms with van der Waals surface area (Å²) in [5.41, 5.74) is 6.73. The molecule has 0 radical (unpaired) electrons. The summed E-state index contributed by atoms with van der Waals surface area (Å²) in [6, 6.07) is 0. The Morgan fingerprint density at radius 3 is 3.21 bits per heavy atom. The van der Waals surface area contributed by atoms with Crippen molar-refractivity contribution in [2.24, 2.45) is 5.92 Å². The molecule has 4 heteroatoms. The van der Waals surface area contributed by atoms with Crippen LogP contribution in [0.1, 0.15) is 25.5 Å². The quantitative estimate of drug-likeness (QED) is 0.813. The Morgan fingerprint density at radius 2 is 2.57 bits per heavy atom. The van der Waals surface area contributed by atoms with Gasteiger partial charge in [0, 0.05) is 18.5 Å². The van der Waals surface area contributed by atoms with Crippen LogP contribution in [0.2, 0.25) is 0 Å². The first-order valence-electron chi connectivity index (χ1n) is 5.16. The van der Waals surface area contributed by atoms with E-state index < -0.39 is 0 Å². The first kappa shape index (κ1) is 9.93. The first-order valence-corrected chi connectivity index (χ1v) is 6.04. The lowest BCUT2D eigenvalue weighted by molar-refractivity contribution is 0.175. The van der Waals surface area contributed by atoms with Crippen molar-refractivity contribution in [1.29, 1.82) is 0 Å². The van der Waals surface area contributed by atoms with Gasteiger partial charge >= 0.3 is 0 Å². The Hall–Kier alpha value is -0.610. The minimum Gasteiger partial charge on any atom is -0.375 e. The second-order valence-electron chi connectivity index (χ2n) is 4.16. The molecule has 0 unspecified atom stereocenters. The lowest BCUT2D eigenvalue weighted by Crippen LogP contribution is -2.33. The molecule has 14 heavy (non-hydrogen) atoms. The van der Waals surface area contributed by atoms with E-state index in [2.05, 4.69) is 22.2 Å². The highest BCUT2D eigenvalue weighted by Crippen LogP contribution is 2.19. The number of thiazole rings is 1. The van der Waals surface area contributed by atoms with Gasteiger partial charge in [0.1, 0.15) is 0 Å². The highest BCUT2D eigenvalue weighted by molar-refractivity contribution is 7.13. The van der Waals surface area contributed by atoms with Gasteiger partial charge in [-0.05, 0) is 25.3 Å². The summed E-state index contributed by atoms with van der Waals surface area (Å²) >= 11 is 1.53. The van der Waals surface area contributed by atoms with Gasteiger partial charge in [-0.2, -0.15) is 0 Å². The van der Waals surface area contributed by atoms with Gasteiger partial charge in [-0.1, -0.05) is 6.92 Å². The van der Waals surface area contributed by atoms with Crippen LogP contribution in [0.15, 0.2) is 5.38 Å². The van der Waals surface area contributed by atoms with Crippen LogP contribution in [0.3, 0.4) is 0 Å². The third kappa shape index (κ3) is 2.45. The maximum atomic E-state index is 5.60. The van der Waals surface area contributed by atoms with E-state index in [0.29, 0.717) is 5.13 Å². The molecule has 1 aliphatic rings. The number of nitrogens with zero attached hydrogens (tertiary/aromatic N) is 2. The van der Waals surface area contributed by atoms with Crippen molar-refractivity contribution in [2.75, 3.05) is 18.8 Å². The van der Waals surface area contributed by atoms with Gasteiger partial charge in [0.05, 0.1) is 5.69 Å². The average Bonchev–Trinajstić information content (AvgIpc) is 2.51. The van der Waals surface area contributed by atoms with E-state index in [9.17, 15) is 0 Å². The predicted octanol–water partition coefficient (Wildman–Crippen LogP) is 1.96. The van der Waals surface area contributed by atoms with Gasteiger partial charge in [-0.25, -0.2) is 4.98 Å². The number of aromatic nitrogens is 1. The fourth-order valence-corrected chi connectivity index (χ4v) is 2.61. The van der Waals surface area contributed by atoms with Crippen molar-refractivity contribution < 1.29 is 0 Å². The average molecular weight is 211 g/mol.